The van der Waals surface area contributed by atoms with E-state index in [0.717, 1.165) is 55.4 Å². The molecule has 0 saturated carbocycles. The Kier molecular flexibility index (Phi) is 13.4. The van der Waals surface area contributed by atoms with E-state index in [-0.39, 0.29) is 42.7 Å². The van der Waals surface area contributed by atoms with Gasteiger partial charge in [0.15, 0.2) is 0 Å². The Hall–Kier alpha value is -6.78. The van der Waals surface area contributed by atoms with Crippen molar-refractivity contribution in [2.24, 2.45) is 0 Å². The number of para-hydroxylation sites is 2. The van der Waals surface area contributed by atoms with Crippen LogP contribution >= 0.6 is 0 Å². The largest absolute Gasteiger partial charge is 0.493 e. The van der Waals surface area contributed by atoms with Gasteiger partial charge < -0.3 is 14.4 Å². The molecule has 0 fully saturated rings. The number of benzene rings is 8. The Morgan fingerprint density at radius 3 is 1.60 bits per heavy atom. The SMILES string of the molecule is CC(C)(C)c1cc(N2[CH-]N(c3[c-]c([Si](c4[c-]c5c(cc4)c4cc(C(C)(C)C)ccc4n5-c4cc(C(C)(C)c5ccccc5)ccn4)(c4ccccc4)c4ccccc4)ccc3)c3ccccc32)cc(C(C)(C)C)c1.[Pt]. The summed E-state index contributed by atoms with van der Waals surface area (Å²) in [6, 6.07) is 80.5. The van der Waals surface area contributed by atoms with E-state index in [0.29, 0.717) is 0 Å². The van der Waals surface area contributed by atoms with Crippen molar-refractivity contribution in [3.8, 4) is 5.82 Å². The van der Waals surface area contributed by atoms with E-state index in [1.807, 2.05) is 6.20 Å². The fraction of sp³-hybridized carbons (Fsp3) is 0.217. The Balaban J connectivity index is 0.00000641. The molecule has 4 nitrogen and oxygen atoms in total. The molecule has 3 heterocycles. The van der Waals surface area contributed by atoms with Crippen LogP contribution in [-0.2, 0) is 42.7 Å². The zero-order valence-corrected chi connectivity index (χ0v) is 48.5. The molecular formula is C69H67N4PtSi-3. The zero-order chi connectivity index (χ0) is 51.8. The van der Waals surface area contributed by atoms with Crippen LogP contribution in [-0.4, -0.2) is 17.6 Å². The molecule has 10 aromatic rings. The third-order valence-electron chi connectivity index (χ3n) is 15.6. The van der Waals surface area contributed by atoms with Crippen molar-refractivity contribution in [3.05, 3.63) is 247 Å². The monoisotopic (exact) mass is 1170 g/mol. The van der Waals surface area contributed by atoms with Crippen LogP contribution in [0.5, 0.6) is 0 Å². The van der Waals surface area contributed by atoms with Gasteiger partial charge in [-0.1, -0.05) is 203 Å². The summed E-state index contributed by atoms with van der Waals surface area (Å²) in [4.78, 5) is 9.90. The Labute approximate surface area is 461 Å². The fourth-order valence-corrected chi connectivity index (χ4v) is 15.6. The molecule has 1 aliphatic rings. The summed E-state index contributed by atoms with van der Waals surface area (Å²) < 4.78 is 2.37. The molecule has 0 atom stereocenters. The number of rotatable bonds is 9. The van der Waals surface area contributed by atoms with E-state index in [2.05, 4.69) is 303 Å². The molecule has 2 aromatic heterocycles. The van der Waals surface area contributed by atoms with Gasteiger partial charge in [-0.3, -0.25) is 0 Å². The van der Waals surface area contributed by atoms with Crippen molar-refractivity contribution in [3.63, 3.8) is 0 Å². The number of anilines is 4. The van der Waals surface area contributed by atoms with Crippen LogP contribution in [0.2, 0.25) is 0 Å². The first-order valence-corrected chi connectivity index (χ1v) is 28.2. The van der Waals surface area contributed by atoms with Gasteiger partial charge in [-0.2, -0.15) is 52.8 Å². The third-order valence-corrected chi connectivity index (χ3v) is 20.2. The molecule has 0 spiro atoms. The second kappa shape index (κ2) is 19.4. The van der Waals surface area contributed by atoms with Crippen molar-refractivity contribution >= 4 is 73.4 Å². The van der Waals surface area contributed by atoms with Crippen molar-refractivity contribution in [1.29, 1.82) is 0 Å². The molecule has 8 aromatic carbocycles. The van der Waals surface area contributed by atoms with Gasteiger partial charge >= 0.3 is 0 Å². The molecule has 1 aliphatic heterocycles. The third kappa shape index (κ3) is 9.21. The molecule has 75 heavy (non-hydrogen) atoms. The van der Waals surface area contributed by atoms with Crippen LogP contribution in [0.25, 0.3) is 27.6 Å². The molecule has 6 heteroatoms. The van der Waals surface area contributed by atoms with Crippen LogP contribution in [0.15, 0.2) is 200 Å². The average molecular weight is 1180 g/mol. The van der Waals surface area contributed by atoms with Gasteiger partial charge in [-0.25, -0.2) is 4.98 Å². The first kappa shape index (κ1) is 51.7. The minimum atomic E-state index is -3.23. The summed E-state index contributed by atoms with van der Waals surface area (Å²) in [6.45, 7) is 27.6. The van der Waals surface area contributed by atoms with Crippen molar-refractivity contribution in [2.45, 2.75) is 97.8 Å². The smallest absolute Gasteiger partial charge is 0.135 e. The van der Waals surface area contributed by atoms with E-state index in [9.17, 15) is 0 Å². The van der Waals surface area contributed by atoms with Crippen LogP contribution in [0, 0.1) is 18.8 Å². The van der Waals surface area contributed by atoms with Crippen LogP contribution in [0.3, 0.4) is 0 Å². The maximum Gasteiger partial charge on any atom is 0.135 e. The Morgan fingerprint density at radius 2 is 1.00 bits per heavy atom. The maximum absolute atomic E-state index is 5.20. The van der Waals surface area contributed by atoms with E-state index in [4.69, 9.17) is 4.98 Å². The van der Waals surface area contributed by atoms with Gasteiger partial charge in [0, 0.05) is 55.3 Å². The number of fused-ring (bicyclic) bond motifs is 4. The molecule has 0 aliphatic carbocycles. The molecule has 11 rings (SSSR count). The number of nitrogens with zero attached hydrogens (tertiary/aromatic N) is 4. The molecular weight excluding hydrogens is 1110 g/mol. The minimum Gasteiger partial charge on any atom is -0.493 e. The van der Waals surface area contributed by atoms with Crippen molar-refractivity contribution < 1.29 is 21.1 Å². The average Bonchev–Trinajstić information content (AvgIpc) is 3.95. The topological polar surface area (TPSA) is 24.3 Å². The summed E-state index contributed by atoms with van der Waals surface area (Å²) in [5, 5.41) is 7.18. The van der Waals surface area contributed by atoms with Gasteiger partial charge in [-0.15, -0.1) is 17.7 Å². The number of hydrogen-bond acceptors (Lipinski definition) is 3. The molecule has 0 radical (unpaired) electrons. The normalized spacial score (nSPS) is 13.3. The molecule has 0 N–H and O–H groups in total. The number of aromatic nitrogens is 2. The first-order valence-electron chi connectivity index (χ1n) is 26.2. The van der Waals surface area contributed by atoms with Gasteiger partial charge in [0.2, 0.25) is 0 Å². The summed E-state index contributed by atoms with van der Waals surface area (Å²) >= 11 is 0. The minimum absolute atomic E-state index is 0. The molecule has 0 amide bonds. The molecule has 0 bridgehead atoms. The predicted molar refractivity (Wildman–Crippen MR) is 316 cm³/mol. The summed E-state index contributed by atoms with van der Waals surface area (Å²) in [7, 11) is -3.23. The fourth-order valence-electron chi connectivity index (χ4n) is 11.1. The van der Waals surface area contributed by atoms with E-state index in [1.165, 1.54) is 43.6 Å². The van der Waals surface area contributed by atoms with Crippen molar-refractivity contribution in [2.75, 3.05) is 9.80 Å². The number of pyridine rings is 1. The quantitative estimate of drug-likeness (QED) is 0.0818. The van der Waals surface area contributed by atoms with Crippen LogP contribution < -0.4 is 30.5 Å². The number of hydrogen-bond donors (Lipinski definition) is 0. The van der Waals surface area contributed by atoms with Gasteiger partial charge in [0.1, 0.15) is 13.9 Å². The van der Waals surface area contributed by atoms with Gasteiger partial charge in [0.25, 0.3) is 0 Å². The summed E-state index contributed by atoms with van der Waals surface area (Å²) in [5.41, 5.74) is 12.6. The second-order valence-corrected chi connectivity index (χ2v) is 27.6. The van der Waals surface area contributed by atoms with E-state index < -0.39 is 8.07 Å². The van der Waals surface area contributed by atoms with Gasteiger partial charge in [0.05, 0.1) is 0 Å². The van der Waals surface area contributed by atoms with Crippen molar-refractivity contribution in [1.82, 2.24) is 9.55 Å². The first-order chi connectivity index (χ1) is 35.3. The van der Waals surface area contributed by atoms with E-state index in [1.54, 1.807) is 0 Å². The Morgan fingerprint density at radius 1 is 0.440 bits per heavy atom. The summed E-state index contributed by atoms with van der Waals surface area (Å²) in [6.07, 6.45) is 1.98. The van der Waals surface area contributed by atoms with Gasteiger partial charge in [-0.05, 0) is 102 Å². The second-order valence-electron chi connectivity index (χ2n) is 23.9. The van der Waals surface area contributed by atoms with Crippen LogP contribution in [0.4, 0.5) is 22.7 Å². The molecule has 0 saturated heterocycles. The standard InChI is InChI=1S/C69H67N4Si.Pt/c1-66(2,3)49-34-37-61-60(43-49)59-36-35-58(46-64(59)73(61)65-44-50(38-39-70-65)69(10,11)48-24-15-12-16-25-48)74(55-27-17-13-18-28-55,56-29-19-14-20-30-56)57-31-23-26-53(45-57)71-47-72(63-33-22-21-32-62(63)71)54-41-51(67(4,5)6)40-52(42-54)68(7,8)9;/h12-44,47H,1-11H3;/q-3;. The molecule has 380 valence electrons. The summed E-state index contributed by atoms with van der Waals surface area (Å²) in [5.74, 6) is 0.874. The van der Waals surface area contributed by atoms with Crippen LogP contribution in [0.1, 0.15) is 104 Å². The molecule has 0 unspecified atom stereocenters. The predicted octanol–water partition coefficient (Wildman–Crippen LogP) is 14.8. The van der Waals surface area contributed by atoms with E-state index >= 15 is 0 Å². The Bertz CT molecular complexity index is 3620. The maximum atomic E-state index is 5.20. The zero-order valence-electron chi connectivity index (χ0n) is 45.2.